The number of hydrogen-bond donors (Lipinski definition) is 1. The molecule has 1 aromatic carbocycles. The summed E-state index contributed by atoms with van der Waals surface area (Å²) in [7, 11) is 4.67. The molecule has 0 radical (unpaired) electrons. The van der Waals surface area contributed by atoms with E-state index in [1.54, 1.807) is 39.5 Å². The molecular formula is C15H16O5S. The quantitative estimate of drug-likeness (QED) is 0.916. The smallest absolute Gasteiger partial charge is 0.345 e. The highest BCUT2D eigenvalue weighted by Crippen LogP contribution is 2.46. The summed E-state index contributed by atoms with van der Waals surface area (Å²) in [4.78, 5) is 12.2. The van der Waals surface area contributed by atoms with Crippen molar-refractivity contribution in [1.29, 1.82) is 0 Å². The van der Waals surface area contributed by atoms with E-state index in [1.807, 2.05) is 6.92 Å². The van der Waals surface area contributed by atoms with Crippen LogP contribution in [0.1, 0.15) is 15.2 Å². The van der Waals surface area contributed by atoms with Crippen molar-refractivity contribution in [3.63, 3.8) is 0 Å². The monoisotopic (exact) mass is 308 g/mol. The van der Waals surface area contributed by atoms with Gasteiger partial charge in [0.15, 0.2) is 0 Å². The number of aryl methyl sites for hydroxylation is 1. The number of carbonyl (C=O) groups is 1. The summed E-state index contributed by atoms with van der Waals surface area (Å²) in [5, 5.41) is 9.13. The maximum Gasteiger partial charge on any atom is 0.345 e. The summed E-state index contributed by atoms with van der Waals surface area (Å²) >= 11 is 1.19. The molecule has 0 aliphatic carbocycles. The van der Waals surface area contributed by atoms with Gasteiger partial charge in [-0.3, -0.25) is 0 Å². The molecule has 1 aromatic heterocycles. The van der Waals surface area contributed by atoms with Crippen LogP contribution in [0, 0.1) is 6.92 Å². The average Bonchev–Trinajstić information content (AvgIpc) is 2.87. The van der Waals surface area contributed by atoms with E-state index in [1.165, 1.54) is 11.3 Å². The molecule has 0 amide bonds. The Morgan fingerprint density at radius 3 is 2.00 bits per heavy atom. The third kappa shape index (κ3) is 2.80. The van der Waals surface area contributed by atoms with Crippen LogP contribution in [-0.2, 0) is 0 Å². The zero-order chi connectivity index (χ0) is 15.6. The predicted molar refractivity (Wildman–Crippen MR) is 81.1 cm³/mol. The Hall–Kier alpha value is -2.21. The Labute approximate surface area is 126 Å². The molecule has 6 heteroatoms. The number of rotatable bonds is 5. The maximum absolute atomic E-state index is 11.1. The summed E-state index contributed by atoms with van der Waals surface area (Å²) in [6.07, 6.45) is 0. The second-order valence-corrected chi connectivity index (χ2v) is 5.39. The summed E-state index contributed by atoms with van der Waals surface area (Å²) in [6, 6.07) is 5.14. The van der Waals surface area contributed by atoms with E-state index in [0.717, 1.165) is 16.0 Å². The number of thiophene rings is 1. The van der Waals surface area contributed by atoms with Crippen molar-refractivity contribution in [3.8, 4) is 27.7 Å². The van der Waals surface area contributed by atoms with Gasteiger partial charge in [-0.15, -0.1) is 11.3 Å². The van der Waals surface area contributed by atoms with Crippen LogP contribution in [0.25, 0.3) is 10.4 Å². The lowest BCUT2D eigenvalue weighted by Crippen LogP contribution is -1.95. The fraction of sp³-hybridized carbons (Fsp3) is 0.267. The van der Waals surface area contributed by atoms with Gasteiger partial charge in [-0.2, -0.15) is 0 Å². The minimum absolute atomic E-state index is 0.280. The van der Waals surface area contributed by atoms with Gasteiger partial charge in [0.2, 0.25) is 0 Å². The van der Waals surface area contributed by atoms with E-state index in [2.05, 4.69) is 0 Å². The summed E-state index contributed by atoms with van der Waals surface area (Å²) < 4.78 is 16.0. The Bertz CT molecular complexity index is 650. The molecule has 2 aromatic rings. The van der Waals surface area contributed by atoms with E-state index >= 15 is 0 Å². The van der Waals surface area contributed by atoms with Crippen LogP contribution >= 0.6 is 11.3 Å². The fourth-order valence-electron chi connectivity index (χ4n) is 2.07. The molecule has 5 nitrogen and oxygen atoms in total. The van der Waals surface area contributed by atoms with Crippen LogP contribution in [0.15, 0.2) is 18.2 Å². The van der Waals surface area contributed by atoms with Gasteiger partial charge in [0.25, 0.3) is 0 Å². The van der Waals surface area contributed by atoms with E-state index in [9.17, 15) is 4.79 Å². The van der Waals surface area contributed by atoms with Crippen molar-refractivity contribution in [2.75, 3.05) is 21.3 Å². The van der Waals surface area contributed by atoms with Gasteiger partial charge in [0, 0.05) is 17.0 Å². The molecule has 0 spiro atoms. The highest BCUT2D eigenvalue weighted by molar-refractivity contribution is 7.17. The zero-order valence-corrected chi connectivity index (χ0v) is 13.0. The number of carboxylic acids is 1. The lowest BCUT2D eigenvalue weighted by molar-refractivity contribution is 0.0702. The Balaban J connectivity index is 2.69. The third-order valence-electron chi connectivity index (χ3n) is 3.07. The molecule has 0 aliphatic rings. The Kier molecular flexibility index (Phi) is 4.37. The largest absolute Gasteiger partial charge is 0.496 e. The first-order chi connectivity index (χ1) is 10.0. The number of benzene rings is 1. The standard InChI is InChI=1S/C15H16O5S/c1-8-5-12(15(16)17)21-14(8)13-10(19-3)6-9(18-2)7-11(13)20-4/h5-7H,1-4H3,(H,16,17). The van der Waals surface area contributed by atoms with E-state index in [-0.39, 0.29) is 4.88 Å². The minimum atomic E-state index is -0.944. The number of ether oxygens (including phenoxy) is 3. The SMILES string of the molecule is COc1cc(OC)c(-c2sc(C(=O)O)cc2C)c(OC)c1. The number of aromatic carboxylic acids is 1. The molecule has 112 valence electrons. The first-order valence-corrected chi connectivity index (χ1v) is 6.97. The molecule has 0 bridgehead atoms. The topological polar surface area (TPSA) is 65.0 Å². The minimum Gasteiger partial charge on any atom is -0.496 e. The first-order valence-electron chi connectivity index (χ1n) is 6.16. The van der Waals surface area contributed by atoms with Gasteiger partial charge < -0.3 is 19.3 Å². The van der Waals surface area contributed by atoms with Crippen LogP contribution in [0.2, 0.25) is 0 Å². The van der Waals surface area contributed by atoms with Crippen LogP contribution in [0.3, 0.4) is 0 Å². The Morgan fingerprint density at radius 2 is 1.62 bits per heavy atom. The predicted octanol–water partition coefficient (Wildman–Crippen LogP) is 3.45. The molecule has 21 heavy (non-hydrogen) atoms. The fourth-order valence-corrected chi connectivity index (χ4v) is 3.13. The van der Waals surface area contributed by atoms with Crippen molar-refractivity contribution in [2.45, 2.75) is 6.92 Å². The van der Waals surface area contributed by atoms with Gasteiger partial charge in [0.05, 0.1) is 26.9 Å². The summed E-state index contributed by atoms with van der Waals surface area (Å²) in [5.41, 5.74) is 1.59. The first kappa shape index (κ1) is 15.2. The van der Waals surface area contributed by atoms with Crippen LogP contribution < -0.4 is 14.2 Å². The van der Waals surface area contributed by atoms with E-state index < -0.39 is 5.97 Å². The van der Waals surface area contributed by atoms with Crippen molar-refractivity contribution in [3.05, 3.63) is 28.6 Å². The van der Waals surface area contributed by atoms with E-state index in [0.29, 0.717) is 17.2 Å². The van der Waals surface area contributed by atoms with Crippen molar-refractivity contribution in [2.24, 2.45) is 0 Å². The van der Waals surface area contributed by atoms with Crippen molar-refractivity contribution >= 4 is 17.3 Å². The zero-order valence-electron chi connectivity index (χ0n) is 12.2. The average molecular weight is 308 g/mol. The maximum atomic E-state index is 11.1. The van der Waals surface area contributed by atoms with E-state index in [4.69, 9.17) is 19.3 Å². The van der Waals surface area contributed by atoms with Gasteiger partial charge in [-0.1, -0.05) is 0 Å². The second kappa shape index (κ2) is 6.05. The molecule has 0 unspecified atom stereocenters. The van der Waals surface area contributed by atoms with Gasteiger partial charge in [0.1, 0.15) is 22.1 Å². The Morgan fingerprint density at radius 1 is 1.05 bits per heavy atom. The van der Waals surface area contributed by atoms with Crippen LogP contribution in [-0.4, -0.2) is 32.4 Å². The normalized spacial score (nSPS) is 10.3. The lowest BCUT2D eigenvalue weighted by Gasteiger charge is -2.14. The third-order valence-corrected chi connectivity index (χ3v) is 4.31. The molecule has 0 saturated carbocycles. The van der Waals surface area contributed by atoms with Gasteiger partial charge >= 0.3 is 5.97 Å². The van der Waals surface area contributed by atoms with Crippen LogP contribution in [0.4, 0.5) is 0 Å². The number of carboxylic acid groups (broad SMARTS) is 1. The highest BCUT2D eigenvalue weighted by Gasteiger charge is 2.21. The molecular weight excluding hydrogens is 292 g/mol. The molecule has 0 aliphatic heterocycles. The molecule has 1 N–H and O–H groups in total. The van der Waals surface area contributed by atoms with Gasteiger partial charge in [-0.05, 0) is 18.6 Å². The molecule has 2 rings (SSSR count). The van der Waals surface area contributed by atoms with Crippen molar-refractivity contribution in [1.82, 2.24) is 0 Å². The molecule has 0 atom stereocenters. The summed E-state index contributed by atoms with van der Waals surface area (Å²) in [6.45, 7) is 1.86. The molecule has 0 saturated heterocycles. The number of hydrogen-bond acceptors (Lipinski definition) is 5. The van der Waals surface area contributed by atoms with Crippen LogP contribution in [0.5, 0.6) is 17.2 Å². The highest BCUT2D eigenvalue weighted by atomic mass is 32.1. The lowest BCUT2D eigenvalue weighted by atomic mass is 10.1. The summed E-state index contributed by atoms with van der Waals surface area (Å²) in [5.74, 6) is 0.821. The molecule has 1 heterocycles. The van der Waals surface area contributed by atoms with Gasteiger partial charge in [-0.25, -0.2) is 4.79 Å². The van der Waals surface area contributed by atoms with Crippen molar-refractivity contribution < 1.29 is 24.1 Å². The molecule has 0 fully saturated rings. The number of methoxy groups -OCH3 is 3. The second-order valence-electron chi connectivity index (χ2n) is 4.33.